The molecule has 0 aliphatic heterocycles. The lowest BCUT2D eigenvalue weighted by Gasteiger charge is -2.14. The Morgan fingerprint density at radius 2 is 2.12 bits per heavy atom. The number of thioether (sulfide) groups is 1. The molecule has 0 saturated heterocycles. The van der Waals surface area contributed by atoms with Crippen LogP contribution in [0.1, 0.15) is 19.4 Å². The van der Waals surface area contributed by atoms with Crippen molar-refractivity contribution in [1.82, 2.24) is 0 Å². The lowest BCUT2D eigenvalue weighted by Crippen LogP contribution is -2.26. The molecule has 1 unspecified atom stereocenters. The van der Waals surface area contributed by atoms with Gasteiger partial charge in [-0.05, 0) is 35.4 Å². The van der Waals surface area contributed by atoms with Crippen molar-refractivity contribution in [1.29, 1.82) is 0 Å². The Kier molecular flexibility index (Phi) is 5.79. The van der Waals surface area contributed by atoms with Gasteiger partial charge in [0.15, 0.2) is 0 Å². The molecule has 0 aliphatic rings. The fourth-order valence-electron chi connectivity index (χ4n) is 1.36. The Morgan fingerprint density at radius 3 is 2.75 bits per heavy atom. The minimum Gasteiger partial charge on any atom is -0.327 e. The summed E-state index contributed by atoms with van der Waals surface area (Å²) in [5.74, 6) is 0.697. The van der Waals surface area contributed by atoms with Crippen molar-refractivity contribution in [2.75, 3.05) is 5.75 Å². The molecule has 2 N–H and O–H groups in total. The van der Waals surface area contributed by atoms with Gasteiger partial charge in [-0.1, -0.05) is 29.8 Å². The van der Waals surface area contributed by atoms with Crippen molar-refractivity contribution < 1.29 is 4.39 Å². The van der Waals surface area contributed by atoms with Gasteiger partial charge < -0.3 is 5.73 Å². The highest BCUT2D eigenvalue weighted by molar-refractivity contribution is 9.10. The summed E-state index contributed by atoms with van der Waals surface area (Å²) >= 11 is 5.24. The van der Waals surface area contributed by atoms with Gasteiger partial charge in [-0.15, -0.1) is 0 Å². The summed E-state index contributed by atoms with van der Waals surface area (Å²) in [5.41, 5.74) is 6.95. The van der Waals surface area contributed by atoms with Crippen LogP contribution in [0, 0.1) is 5.82 Å². The van der Waals surface area contributed by atoms with E-state index in [1.54, 1.807) is 12.1 Å². The van der Waals surface area contributed by atoms with E-state index in [1.165, 1.54) is 6.07 Å². The second-order valence-electron chi connectivity index (χ2n) is 4.08. The summed E-state index contributed by atoms with van der Waals surface area (Å²) in [6.45, 7) is 4.30. The van der Waals surface area contributed by atoms with E-state index >= 15 is 0 Å². The molecule has 1 aromatic rings. The SMILES string of the molecule is CC(C)SCC(N)Cc1cc(F)ccc1Br. The molecule has 1 aromatic carbocycles. The van der Waals surface area contributed by atoms with E-state index in [0.717, 1.165) is 15.8 Å². The van der Waals surface area contributed by atoms with Gasteiger partial charge in [-0.25, -0.2) is 4.39 Å². The zero-order valence-electron chi connectivity index (χ0n) is 9.54. The molecule has 0 heterocycles. The van der Waals surface area contributed by atoms with E-state index in [2.05, 4.69) is 29.8 Å². The van der Waals surface area contributed by atoms with Gasteiger partial charge >= 0.3 is 0 Å². The van der Waals surface area contributed by atoms with Crippen LogP contribution in [0.15, 0.2) is 22.7 Å². The van der Waals surface area contributed by atoms with Crippen LogP contribution in [-0.2, 0) is 6.42 Å². The van der Waals surface area contributed by atoms with Crippen molar-refractivity contribution in [3.05, 3.63) is 34.1 Å². The van der Waals surface area contributed by atoms with Crippen molar-refractivity contribution in [2.24, 2.45) is 5.73 Å². The topological polar surface area (TPSA) is 26.0 Å². The predicted molar refractivity (Wildman–Crippen MR) is 73.4 cm³/mol. The first-order valence-electron chi connectivity index (χ1n) is 5.30. The molecule has 1 rings (SSSR count). The second kappa shape index (κ2) is 6.62. The van der Waals surface area contributed by atoms with Gasteiger partial charge in [0, 0.05) is 16.3 Å². The van der Waals surface area contributed by atoms with Gasteiger partial charge in [0.05, 0.1) is 0 Å². The maximum Gasteiger partial charge on any atom is 0.123 e. The minimum absolute atomic E-state index is 0.0745. The molecule has 0 fully saturated rings. The Balaban J connectivity index is 2.55. The van der Waals surface area contributed by atoms with E-state index in [9.17, 15) is 4.39 Å². The van der Waals surface area contributed by atoms with Gasteiger partial charge in [-0.2, -0.15) is 11.8 Å². The molecular formula is C12H17BrFNS. The lowest BCUT2D eigenvalue weighted by atomic mass is 10.1. The molecule has 0 radical (unpaired) electrons. The van der Waals surface area contributed by atoms with Crippen LogP contribution in [0.3, 0.4) is 0 Å². The molecule has 0 spiro atoms. The molecule has 0 bridgehead atoms. The third-order valence-electron chi connectivity index (χ3n) is 2.13. The number of hydrogen-bond donors (Lipinski definition) is 1. The number of nitrogens with two attached hydrogens (primary N) is 1. The van der Waals surface area contributed by atoms with Crippen LogP contribution in [0.5, 0.6) is 0 Å². The minimum atomic E-state index is -0.207. The quantitative estimate of drug-likeness (QED) is 0.899. The molecular weight excluding hydrogens is 289 g/mol. The first kappa shape index (κ1) is 14.0. The van der Waals surface area contributed by atoms with Crippen molar-refractivity contribution in [3.63, 3.8) is 0 Å². The molecule has 0 aliphatic carbocycles. The largest absolute Gasteiger partial charge is 0.327 e. The molecule has 1 atom stereocenters. The van der Waals surface area contributed by atoms with Gasteiger partial charge in [0.2, 0.25) is 0 Å². The van der Waals surface area contributed by atoms with E-state index < -0.39 is 0 Å². The maximum absolute atomic E-state index is 13.0. The Labute approximate surface area is 109 Å². The standard InChI is InChI=1S/C12H17BrFNS/c1-8(2)16-7-11(15)6-9-5-10(14)3-4-12(9)13/h3-5,8,11H,6-7,15H2,1-2H3. The Bertz CT molecular complexity index is 344. The third-order valence-corrected chi connectivity index (χ3v) is 4.19. The molecule has 0 aromatic heterocycles. The van der Waals surface area contributed by atoms with E-state index in [-0.39, 0.29) is 11.9 Å². The number of hydrogen-bond acceptors (Lipinski definition) is 2. The fraction of sp³-hybridized carbons (Fsp3) is 0.500. The summed E-state index contributed by atoms with van der Waals surface area (Å²) in [5, 5.41) is 0.585. The first-order valence-corrected chi connectivity index (χ1v) is 7.14. The maximum atomic E-state index is 13.0. The summed E-state index contributed by atoms with van der Waals surface area (Å²) in [6, 6.07) is 4.80. The molecule has 1 nitrogen and oxygen atoms in total. The van der Waals surface area contributed by atoms with Crippen molar-refractivity contribution in [3.8, 4) is 0 Å². The van der Waals surface area contributed by atoms with Gasteiger partial charge in [0.1, 0.15) is 5.82 Å². The van der Waals surface area contributed by atoms with Crippen LogP contribution < -0.4 is 5.73 Å². The van der Waals surface area contributed by atoms with Crippen LogP contribution in [0.25, 0.3) is 0 Å². The van der Waals surface area contributed by atoms with Crippen molar-refractivity contribution in [2.45, 2.75) is 31.6 Å². The first-order chi connectivity index (χ1) is 7.49. The number of benzene rings is 1. The number of halogens is 2. The highest BCUT2D eigenvalue weighted by atomic mass is 79.9. The van der Waals surface area contributed by atoms with Crippen LogP contribution in [0.2, 0.25) is 0 Å². The van der Waals surface area contributed by atoms with E-state index in [0.29, 0.717) is 11.7 Å². The van der Waals surface area contributed by atoms with Crippen LogP contribution in [0.4, 0.5) is 4.39 Å². The second-order valence-corrected chi connectivity index (χ2v) is 6.55. The highest BCUT2D eigenvalue weighted by Gasteiger charge is 2.09. The molecule has 0 amide bonds. The zero-order chi connectivity index (χ0) is 12.1. The van der Waals surface area contributed by atoms with E-state index in [1.807, 2.05) is 11.8 Å². The van der Waals surface area contributed by atoms with Crippen molar-refractivity contribution >= 4 is 27.7 Å². The average Bonchev–Trinajstić information content (AvgIpc) is 2.20. The predicted octanol–water partition coefficient (Wildman–Crippen LogP) is 3.60. The normalized spacial score (nSPS) is 13.1. The highest BCUT2D eigenvalue weighted by Crippen LogP contribution is 2.20. The zero-order valence-corrected chi connectivity index (χ0v) is 11.9. The lowest BCUT2D eigenvalue weighted by molar-refractivity contribution is 0.622. The summed E-state index contributed by atoms with van der Waals surface area (Å²) in [7, 11) is 0. The monoisotopic (exact) mass is 305 g/mol. The Morgan fingerprint density at radius 1 is 1.44 bits per heavy atom. The van der Waals surface area contributed by atoms with Gasteiger partial charge in [-0.3, -0.25) is 0 Å². The smallest absolute Gasteiger partial charge is 0.123 e. The number of rotatable bonds is 5. The summed E-state index contributed by atoms with van der Waals surface area (Å²) in [6.07, 6.45) is 0.706. The molecule has 0 saturated carbocycles. The van der Waals surface area contributed by atoms with Crippen LogP contribution in [-0.4, -0.2) is 17.0 Å². The summed E-state index contributed by atoms with van der Waals surface area (Å²) in [4.78, 5) is 0. The summed E-state index contributed by atoms with van der Waals surface area (Å²) < 4.78 is 14.0. The molecule has 4 heteroatoms. The average molecular weight is 306 g/mol. The van der Waals surface area contributed by atoms with Crippen LogP contribution >= 0.6 is 27.7 Å². The molecule has 16 heavy (non-hydrogen) atoms. The van der Waals surface area contributed by atoms with E-state index in [4.69, 9.17) is 5.73 Å². The van der Waals surface area contributed by atoms with Gasteiger partial charge in [0.25, 0.3) is 0 Å². The fourth-order valence-corrected chi connectivity index (χ4v) is 2.52. The third kappa shape index (κ3) is 4.85. The Hall–Kier alpha value is -0.0600. The molecule has 90 valence electrons.